The summed E-state index contributed by atoms with van der Waals surface area (Å²) >= 11 is 0. The number of ether oxygens (including phenoxy) is 4. The van der Waals surface area contributed by atoms with Crippen molar-refractivity contribution in [3.05, 3.63) is 107 Å². The summed E-state index contributed by atoms with van der Waals surface area (Å²) in [5.41, 5.74) is 5.93. The largest absolute Gasteiger partial charge is 0.460 e. The fraction of sp³-hybridized carbons (Fsp3) is 0.353. The fourth-order valence-corrected chi connectivity index (χ4v) is 6.41. The Labute approximate surface area is 235 Å². The van der Waals surface area contributed by atoms with Gasteiger partial charge in [0.05, 0.1) is 26.4 Å². The van der Waals surface area contributed by atoms with Gasteiger partial charge in [0.15, 0.2) is 0 Å². The van der Waals surface area contributed by atoms with Crippen molar-refractivity contribution in [2.75, 3.05) is 39.6 Å². The molecule has 4 aliphatic rings. The highest BCUT2D eigenvalue weighted by Gasteiger charge is 2.40. The van der Waals surface area contributed by atoms with E-state index in [2.05, 4.69) is 48.6 Å². The molecule has 4 unspecified atom stereocenters. The van der Waals surface area contributed by atoms with E-state index in [1.165, 1.54) is 0 Å². The Morgan fingerprint density at radius 1 is 0.525 bits per heavy atom. The summed E-state index contributed by atoms with van der Waals surface area (Å²) in [4.78, 5) is 25.8. The van der Waals surface area contributed by atoms with E-state index in [1.807, 2.05) is 36.4 Å². The maximum atomic E-state index is 12.9. The van der Waals surface area contributed by atoms with Gasteiger partial charge in [-0.3, -0.25) is 0 Å². The van der Waals surface area contributed by atoms with Crippen molar-refractivity contribution in [3.8, 4) is 0 Å². The fourth-order valence-electron chi connectivity index (χ4n) is 6.41. The zero-order valence-corrected chi connectivity index (χ0v) is 22.5. The molecule has 6 rings (SSSR count). The van der Waals surface area contributed by atoms with Gasteiger partial charge in [0, 0.05) is 34.8 Å². The highest BCUT2D eigenvalue weighted by molar-refractivity contribution is 6.02. The van der Waals surface area contributed by atoms with Crippen LogP contribution in [0.5, 0.6) is 0 Å². The summed E-state index contributed by atoms with van der Waals surface area (Å²) in [5, 5.41) is 0. The Morgan fingerprint density at radius 3 is 1.32 bits per heavy atom. The Balaban J connectivity index is 0.876. The molecule has 0 amide bonds. The van der Waals surface area contributed by atoms with Gasteiger partial charge in [-0.05, 0) is 35.1 Å². The molecule has 2 aromatic rings. The first kappa shape index (κ1) is 26.5. The van der Waals surface area contributed by atoms with E-state index in [9.17, 15) is 9.59 Å². The molecule has 0 N–H and O–H groups in total. The summed E-state index contributed by atoms with van der Waals surface area (Å²) in [7, 11) is 0. The Kier molecular flexibility index (Phi) is 8.07. The van der Waals surface area contributed by atoms with Crippen LogP contribution in [0.4, 0.5) is 0 Å². The second kappa shape index (κ2) is 12.2. The molecule has 4 aliphatic carbocycles. The molecule has 0 aliphatic heterocycles. The summed E-state index contributed by atoms with van der Waals surface area (Å²) in [6.07, 6.45) is 10.5. The SMILES string of the molecule is O=C(OCCOCCOCCOC(=O)C1=C(c2ccccc2)C2C=CC1C2)C1=C(c2ccccc2)C2C=CC1C2. The van der Waals surface area contributed by atoms with E-state index in [4.69, 9.17) is 18.9 Å². The molecule has 0 radical (unpaired) electrons. The maximum Gasteiger partial charge on any atom is 0.335 e. The Bertz CT molecular complexity index is 1250. The minimum Gasteiger partial charge on any atom is -0.460 e. The van der Waals surface area contributed by atoms with E-state index in [1.54, 1.807) is 0 Å². The van der Waals surface area contributed by atoms with Gasteiger partial charge in [-0.15, -0.1) is 0 Å². The van der Waals surface area contributed by atoms with Crippen LogP contribution in [0.2, 0.25) is 0 Å². The van der Waals surface area contributed by atoms with Crippen LogP contribution in [0, 0.1) is 23.7 Å². The van der Waals surface area contributed by atoms with Crippen molar-refractivity contribution in [3.63, 3.8) is 0 Å². The number of hydrogen-bond donors (Lipinski definition) is 0. The van der Waals surface area contributed by atoms with E-state index in [0.717, 1.165) is 46.3 Å². The number of carbonyl (C=O) groups is 2. The minimum atomic E-state index is -0.256. The van der Waals surface area contributed by atoms with Crippen LogP contribution in [-0.2, 0) is 28.5 Å². The quantitative estimate of drug-likeness (QED) is 0.193. The smallest absolute Gasteiger partial charge is 0.335 e. The van der Waals surface area contributed by atoms with E-state index >= 15 is 0 Å². The lowest BCUT2D eigenvalue weighted by Crippen LogP contribution is -2.18. The monoisotopic (exact) mass is 538 g/mol. The molecule has 6 heteroatoms. The first-order chi connectivity index (χ1) is 19.7. The van der Waals surface area contributed by atoms with Crippen LogP contribution < -0.4 is 0 Å². The lowest BCUT2D eigenvalue weighted by molar-refractivity contribution is -0.142. The number of esters is 2. The van der Waals surface area contributed by atoms with Crippen molar-refractivity contribution < 1.29 is 28.5 Å². The van der Waals surface area contributed by atoms with E-state index in [0.29, 0.717) is 26.4 Å². The molecule has 4 atom stereocenters. The molecule has 2 aromatic carbocycles. The standard InChI is InChI=1S/C34H34O6/c35-33(31-27-13-11-25(21-27)29(31)23-7-3-1-4-8-23)39-19-17-37-15-16-38-18-20-40-34(36)32-28-14-12-26(22-28)30(32)24-9-5-2-6-10-24/h1-14,25-28H,15-22H2. The normalized spacial score (nSPS) is 23.9. The number of allylic oxidation sites excluding steroid dienone is 6. The summed E-state index contributed by atoms with van der Waals surface area (Å²) in [6.45, 7) is 1.73. The lowest BCUT2D eigenvalue weighted by Gasteiger charge is -2.16. The van der Waals surface area contributed by atoms with Gasteiger partial charge < -0.3 is 18.9 Å². The van der Waals surface area contributed by atoms with Crippen LogP contribution >= 0.6 is 0 Å². The van der Waals surface area contributed by atoms with Crippen molar-refractivity contribution in [2.45, 2.75) is 12.8 Å². The summed E-state index contributed by atoms with van der Waals surface area (Å²) in [6, 6.07) is 20.2. The van der Waals surface area contributed by atoms with Crippen LogP contribution in [0.15, 0.2) is 96.1 Å². The first-order valence-electron chi connectivity index (χ1n) is 14.2. The highest BCUT2D eigenvalue weighted by Crippen LogP contribution is 2.49. The number of hydrogen-bond acceptors (Lipinski definition) is 6. The molecule has 0 saturated carbocycles. The molecule has 0 aromatic heterocycles. The van der Waals surface area contributed by atoms with Crippen LogP contribution in [-0.4, -0.2) is 51.6 Å². The molecular weight excluding hydrogens is 504 g/mol. The van der Waals surface area contributed by atoms with Gasteiger partial charge in [0.25, 0.3) is 0 Å². The molecule has 0 saturated heterocycles. The van der Waals surface area contributed by atoms with Gasteiger partial charge in [0.2, 0.25) is 0 Å². The number of fused-ring (bicyclic) bond motifs is 4. The lowest BCUT2D eigenvalue weighted by atomic mass is 9.91. The van der Waals surface area contributed by atoms with Crippen LogP contribution in [0.25, 0.3) is 11.1 Å². The van der Waals surface area contributed by atoms with Crippen molar-refractivity contribution >= 4 is 23.1 Å². The molecule has 0 heterocycles. The average Bonchev–Trinajstić information content (AvgIpc) is 3.80. The Hall–Kier alpha value is -3.74. The second-order valence-electron chi connectivity index (χ2n) is 10.6. The Morgan fingerprint density at radius 2 is 0.900 bits per heavy atom. The zero-order valence-electron chi connectivity index (χ0n) is 22.5. The molecule has 4 bridgehead atoms. The van der Waals surface area contributed by atoms with Crippen LogP contribution in [0.1, 0.15) is 24.0 Å². The maximum absolute atomic E-state index is 12.9. The number of rotatable bonds is 13. The molecule has 0 spiro atoms. The van der Waals surface area contributed by atoms with Gasteiger partial charge in [-0.1, -0.05) is 85.0 Å². The molecule has 6 nitrogen and oxygen atoms in total. The first-order valence-corrected chi connectivity index (χ1v) is 14.2. The van der Waals surface area contributed by atoms with E-state index < -0.39 is 0 Å². The van der Waals surface area contributed by atoms with Gasteiger partial charge in [0.1, 0.15) is 13.2 Å². The van der Waals surface area contributed by atoms with Crippen molar-refractivity contribution in [1.82, 2.24) is 0 Å². The van der Waals surface area contributed by atoms with E-state index in [-0.39, 0.29) is 48.8 Å². The highest BCUT2D eigenvalue weighted by atomic mass is 16.6. The number of benzene rings is 2. The minimum absolute atomic E-state index is 0.137. The summed E-state index contributed by atoms with van der Waals surface area (Å²) in [5.74, 6) is 0.337. The summed E-state index contributed by atoms with van der Waals surface area (Å²) < 4.78 is 22.2. The van der Waals surface area contributed by atoms with Gasteiger partial charge in [-0.25, -0.2) is 9.59 Å². The second-order valence-corrected chi connectivity index (χ2v) is 10.6. The average molecular weight is 539 g/mol. The molecule has 40 heavy (non-hydrogen) atoms. The topological polar surface area (TPSA) is 71.1 Å². The van der Waals surface area contributed by atoms with Gasteiger partial charge >= 0.3 is 11.9 Å². The third kappa shape index (κ3) is 5.47. The predicted molar refractivity (Wildman–Crippen MR) is 152 cm³/mol. The molecule has 206 valence electrons. The molecule has 0 fully saturated rings. The van der Waals surface area contributed by atoms with Crippen molar-refractivity contribution in [2.24, 2.45) is 23.7 Å². The number of carbonyl (C=O) groups excluding carboxylic acids is 2. The van der Waals surface area contributed by atoms with Crippen LogP contribution in [0.3, 0.4) is 0 Å². The van der Waals surface area contributed by atoms with Crippen molar-refractivity contribution in [1.29, 1.82) is 0 Å². The predicted octanol–water partition coefficient (Wildman–Crippen LogP) is 5.43. The van der Waals surface area contributed by atoms with Gasteiger partial charge in [-0.2, -0.15) is 0 Å². The third-order valence-corrected chi connectivity index (χ3v) is 8.13. The zero-order chi connectivity index (χ0) is 27.3. The third-order valence-electron chi connectivity index (χ3n) is 8.13. The molecular formula is C34H34O6.